The molecule has 0 unspecified atom stereocenters. The minimum atomic E-state index is -0.782. The first-order valence-electron chi connectivity index (χ1n) is 6.03. The average Bonchev–Trinajstić information content (AvgIpc) is 2.85. The van der Waals surface area contributed by atoms with Gasteiger partial charge in [-0.2, -0.15) is 5.10 Å². The fourth-order valence-corrected chi connectivity index (χ4v) is 1.77. The van der Waals surface area contributed by atoms with E-state index in [0.29, 0.717) is 6.42 Å². The minimum Gasteiger partial charge on any atom is -0.481 e. The smallest absolute Gasteiger partial charge is 0.303 e. The molecule has 1 heterocycles. The first kappa shape index (κ1) is 12.4. The van der Waals surface area contributed by atoms with E-state index in [1.165, 1.54) is 5.56 Å². The molecule has 1 aromatic heterocycles. The number of aryl methyl sites for hydroxylation is 2. The lowest BCUT2D eigenvalue weighted by molar-refractivity contribution is -0.136. The molecule has 0 atom stereocenters. The molecule has 0 bridgehead atoms. The lowest BCUT2D eigenvalue weighted by atomic mass is 10.1. The van der Waals surface area contributed by atoms with Gasteiger partial charge in [-0.25, -0.2) is 4.68 Å². The predicted octanol–water partition coefficient (Wildman–Crippen LogP) is 2.45. The van der Waals surface area contributed by atoms with E-state index in [4.69, 9.17) is 5.11 Å². The van der Waals surface area contributed by atoms with E-state index < -0.39 is 5.97 Å². The number of benzene rings is 1. The molecule has 0 aliphatic rings. The molecular formula is C14H16N2O2. The summed E-state index contributed by atoms with van der Waals surface area (Å²) in [6, 6.07) is 8.20. The van der Waals surface area contributed by atoms with Crippen LogP contribution in [0.5, 0.6) is 0 Å². The molecule has 1 N–H and O–H groups in total. The quantitative estimate of drug-likeness (QED) is 0.879. The summed E-state index contributed by atoms with van der Waals surface area (Å²) in [5.74, 6) is -0.782. The van der Waals surface area contributed by atoms with Gasteiger partial charge in [-0.1, -0.05) is 19.1 Å². The number of rotatable bonds is 5. The van der Waals surface area contributed by atoms with Crippen molar-refractivity contribution in [2.45, 2.75) is 26.2 Å². The molecule has 18 heavy (non-hydrogen) atoms. The maximum atomic E-state index is 10.5. The third-order valence-electron chi connectivity index (χ3n) is 2.87. The highest BCUT2D eigenvalue weighted by Gasteiger charge is 2.03. The van der Waals surface area contributed by atoms with Crippen LogP contribution in [0.25, 0.3) is 5.69 Å². The van der Waals surface area contributed by atoms with Gasteiger partial charge in [-0.05, 0) is 36.1 Å². The number of aliphatic carboxylic acids is 1. The molecule has 4 heteroatoms. The maximum Gasteiger partial charge on any atom is 0.303 e. The monoisotopic (exact) mass is 244 g/mol. The third-order valence-corrected chi connectivity index (χ3v) is 2.87. The van der Waals surface area contributed by atoms with Gasteiger partial charge in [0.2, 0.25) is 0 Å². The number of carboxylic acids is 1. The molecule has 0 aliphatic carbocycles. The molecule has 2 aromatic rings. The van der Waals surface area contributed by atoms with E-state index in [0.717, 1.165) is 17.7 Å². The van der Waals surface area contributed by atoms with Gasteiger partial charge in [0, 0.05) is 12.6 Å². The lowest BCUT2D eigenvalue weighted by Gasteiger charge is -2.02. The van der Waals surface area contributed by atoms with Crippen LogP contribution in [0.15, 0.2) is 36.7 Å². The van der Waals surface area contributed by atoms with Gasteiger partial charge in [0.25, 0.3) is 0 Å². The standard InChI is InChI=1S/C14H16N2O2/c1-2-11-3-6-13(7-4-11)16-10-12(9-15-16)5-8-14(17)18/h3-4,6-7,9-10H,2,5,8H2,1H3,(H,17,18). The van der Waals surface area contributed by atoms with Crippen LogP contribution in [0, 0.1) is 0 Å². The van der Waals surface area contributed by atoms with Crippen molar-refractivity contribution < 1.29 is 9.90 Å². The molecule has 0 saturated heterocycles. The Kier molecular flexibility index (Phi) is 3.77. The van der Waals surface area contributed by atoms with E-state index in [2.05, 4.69) is 24.2 Å². The van der Waals surface area contributed by atoms with Crippen molar-refractivity contribution in [3.05, 3.63) is 47.8 Å². The summed E-state index contributed by atoms with van der Waals surface area (Å²) in [6.45, 7) is 2.12. The summed E-state index contributed by atoms with van der Waals surface area (Å²) < 4.78 is 1.77. The number of carboxylic acid groups (broad SMARTS) is 1. The van der Waals surface area contributed by atoms with Crippen LogP contribution in [-0.2, 0) is 17.6 Å². The molecule has 0 aliphatic heterocycles. The van der Waals surface area contributed by atoms with Gasteiger partial charge in [-0.15, -0.1) is 0 Å². The molecule has 94 valence electrons. The first-order chi connectivity index (χ1) is 8.69. The molecule has 0 amide bonds. The average molecular weight is 244 g/mol. The predicted molar refractivity (Wildman–Crippen MR) is 68.9 cm³/mol. The fraction of sp³-hybridized carbons (Fsp3) is 0.286. The van der Waals surface area contributed by atoms with Crippen molar-refractivity contribution in [3.8, 4) is 5.69 Å². The van der Waals surface area contributed by atoms with Gasteiger partial charge >= 0.3 is 5.97 Å². The zero-order valence-corrected chi connectivity index (χ0v) is 10.3. The molecule has 0 spiro atoms. The van der Waals surface area contributed by atoms with Crippen LogP contribution in [-0.4, -0.2) is 20.9 Å². The van der Waals surface area contributed by atoms with Crippen molar-refractivity contribution in [2.75, 3.05) is 0 Å². The van der Waals surface area contributed by atoms with Crippen LogP contribution in [0.4, 0.5) is 0 Å². The highest BCUT2D eigenvalue weighted by molar-refractivity contribution is 5.67. The van der Waals surface area contributed by atoms with E-state index >= 15 is 0 Å². The highest BCUT2D eigenvalue weighted by Crippen LogP contribution is 2.11. The van der Waals surface area contributed by atoms with Crippen molar-refractivity contribution in [1.29, 1.82) is 0 Å². The molecule has 0 fully saturated rings. The summed E-state index contributed by atoms with van der Waals surface area (Å²) >= 11 is 0. The van der Waals surface area contributed by atoms with Crippen LogP contribution < -0.4 is 0 Å². The topological polar surface area (TPSA) is 55.1 Å². The van der Waals surface area contributed by atoms with Crippen LogP contribution >= 0.6 is 0 Å². The molecule has 2 rings (SSSR count). The number of carbonyl (C=O) groups is 1. The normalized spacial score (nSPS) is 10.5. The number of nitrogens with zero attached hydrogens (tertiary/aromatic N) is 2. The largest absolute Gasteiger partial charge is 0.481 e. The van der Waals surface area contributed by atoms with Crippen molar-refractivity contribution in [1.82, 2.24) is 9.78 Å². The summed E-state index contributed by atoms with van der Waals surface area (Å²) in [4.78, 5) is 10.5. The Balaban J connectivity index is 2.10. The molecule has 0 radical (unpaired) electrons. The van der Waals surface area contributed by atoms with E-state index in [-0.39, 0.29) is 6.42 Å². The maximum absolute atomic E-state index is 10.5. The summed E-state index contributed by atoms with van der Waals surface area (Å²) in [7, 11) is 0. The lowest BCUT2D eigenvalue weighted by Crippen LogP contribution is -1.97. The molecule has 4 nitrogen and oxygen atoms in total. The summed E-state index contributed by atoms with van der Waals surface area (Å²) in [6.07, 6.45) is 5.27. The summed E-state index contributed by atoms with van der Waals surface area (Å²) in [5.41, 5.74) is 3.22. The van der Waals surface area contributed by atoms with E-state index in [1.54, 1.807) is 10.9 Å². The van der Waals surface area contributed by atoms with Crippen molar-refractivity contribution in [3.63, 3.8) is 0 Å². The Morgan fingerprint density at radius 1 is 1.28 bits per heavy atom. The third kappa shape index (κ3) is 2.97. The van der Waals surface area contributed by atoms with Crippen molar-refractivity contribution in [2.24, 2.45) is 0 Å². The molecular weight excluding hydrogens is 228 g/mol. The fourth-order valence-electron chi connectivity index (χ4n) is 1.77. The van der Waals surface area contributed by atoms with Gasteiger partial charge < -0.3 is 5.11 Å². The van der Waals surface area contributed by atoms with E-state index in [1.807, 2.05) is 18.3 Å². The highest BCUT2D eigenvalue weighted by atomic mass is 16.4. The second-order valence-corrected chi connectivity index (χ2v) is 4.21. The SMILES string of the molecule is CCc1ccc(-n2cc(CCC(=O)O)cn2)cc1. The second-order valence-electron chi connectivity index (χ2n) is 4.21. The Hall–Kier alpha value is -2.10. The number of hydrogen-bond acceptors (Lipinski definition) is 2. The van der Waals surface area contributed by atoms with Gasteiger partial charge in [0.15, 0.2) is 0 Å². The van der Waals surface area contributed by atoms with Crippen molar-refractivity contribution >= 4 is 5.97 Å². The number of aromatic nitrogens is 2. The van der Waals surface area contributed by atoms with Gasteiger partial charge in [-0.3, -0.25) is 4.79 Å². The Morgan fingerprint density at radius 2 is 2.00 bits per heavy atom. The second kappa shape index (κ2) is 5.49. The number of hydrogen-bond donors (Lipinski definition) is 1. The zero-order chi connectivity index (χ0) is 13.0. The Labute approximate surface area is 106 Å². The van der Waals surface area contributed by atoms with Gasteiger partial charge in [0.05, 0.1) is 11.9 Å². The van der Waals surface area contributed by atoms with Gasteiger partial charge in [0.1, 0.15) is 0 Å². The Bertz CT molecular complexity index is 529. The minimum absolute atomic E-state index is 0.139. The Morgan fingerprint density at radius 3 is 2.61 bits per heavy atom. The summed E-state index contributed by atoms with van der Waals surface area (Å²) in [5, 5.41) is 12.9. The van der Waals surface area contributed by atoms with Crippen LogP contribution in [0.2, 0.25) is 0 Å². The molecule has 0 saturated carbocycles. The zero-order valence-electron chi connectivity index (χ0n) is 10.3. The first-order valence-corrected chi connectivity index (χ1v) is 6.03. The van der Waals surface area contributed by atoms with E-state index in [9.17, 15) is 4.79 Å². The molecule has 1 aromatic carbocycles. The van der Waals surface area contributed by atoms with Crippen LogP contribution in [0.3, 0.4) is 0 Å². The van der Waals surface area contributed by atoms with Crippen LogP contribution in [0.1, 0.15) is 24.5 Å².